The Morgan fingerprint density at radius 3 is 2.51 bits per heavy atom. The summed E-state index contributed by atoms with van der Waals surface area (Å²) in [6.45, 7) is 3.79. The first-order chi connectivity index (χ1) is 17.9. The summed E-state index contributed by atoms with van der Waals surface area (Å²) in [5, 5.41) is 21.7. The number of ether oxygens (including phenoxy) is 1. The number of carbonyl (C=O) groups is 2. The van der Waals surface area contributed by atoms with Crippen LogP contribution in [0.25, 0.3) is 0 Å². The van der Waals surface area contributed by atoms with Crippen molar-refractivity contribution in [3.8, 4) is 11.8 Å². The van der Waals surface area contributed by atoms with Gasteiger partial charge in [0.1, 0.15) is 5.75 Å². The summed E-state index contributed by atoms with van der Waals surface area (Å²) in [6.07, 6.45) is 0. The maximum absolute atomic E-state index is 13.6. The van der Waals surface area contributed by atoms with Crippen LogP contribution in [-0.2, 0) is 9.59 Å². The van der Waals surface area contributed by atoms with Gasteiger partial charge in [0, 0.05) is 21.8 Å². The Bertz CT molecular complexity index is 1400. The van der Waals surface area contributed by atoms with Crippen molar-refractivity contribution in [2.75, 3.05) is 23.5 Å². The molecule has 3 N–H and O–H groups in total. The van der Waals surface area contributed by atoms with E-state index in [-0.39, 0.29) is 17.6 Å². The second-order valence-corrected chi connectivity index (χ2v) is 10.3. The molecular formula is C28H26N4O3S2. The highest BCUT2D eigenvalue weighted by molar-refractivity contribution is 8.03. The van der Waals surface area contributed by atoms with E-state index in [2.05, 4.69) is 22.0 Å². The molecule has 7 nitrogen and oxygen atoms in total. The Labute approximate surface area is 224 Å². The predicted molar refractivity (Wildman–Crippen MR) is 149 cm³/mol. The summed E-state index contributed by atoms with van der Waals surface area (Å²) < 4.78 is 5.37. The molecule has 4 rings (SSSR count). The molecule has 9 heteroatoms. The number of thioether (sulfide) groups is 1. The number of aryl methyl sites for hydroxylation is 1. The average molecular weight is 531 g/mol. The van der Waals surface area contributed by atoms with Gasteiger partial charge in [-0.15, -0.1) is 11.3 Å². The van der Waals surface area contributed by atoms with Crippen LogP contribution in [0.15, 0.2) is 87.9 Å². The van der Waals surface area contributed by atoms with Crippen LogP contribution in [0.3, 0.4) is 0 Å². The number of allylic oxidation sites excluding steroid dienone is 2. The quantitative estimate of drug-likeness (QED) is 0.342. The Kier molecular flexibility index (Phi) is 8.33. The van der Waals surface area contributed by atoms with Crippen LogP contribution in [0.2, 0.25) is 0 Å². The SMILES string of the molecule is COc1ccccc1NC(=O)C1=C(C)NC(SCC(=O)Nc2ccc(C)cc2)=C(C#N)[C@H]1c1cccs1. The summed E-state index contributed by atoms with van der Waals surface area (Å²) in [6, 6.07) is 20.8. The molecule has 0 fully saturated rings. The van der Waals surface area contributed by atoms with Crippen LogP contribution in [0.1, 0.15) is 23.3 Å². The fourth-order valence-electron chi connectivity index (χ4n) is 3.98. The Balaban J connectivity index is 1.59. The molecule has 1 atom stereocenters. The molecule has 37 heavy (non-hydrogen) atoms. The minimum atomic E-state index is -0.566. The molecule has 1 aromatic heterocycles. The van der Waals surface area contributed by atoms with E-state index < -0.39 is 5.92 Å². The van der Waals surface area contributed by atoms with Gasteiger partial charge in [-0.1, -0.05) is 47.7 Å². The van der Waals surface area contributed by atoms with Gasteiger partial charge in [0.05, 0.1) is 41.1 Å². The van der Waals surface area contributed by atoms with Gasteiger partial charge < -0.3 is 20.7 Å². The van der Waals surface area contributed by atoms with E-state index in [1.807, 2.05) is 60.8 Å². The number of rotatable bonds is 8. The van der Waals surface area contributed by atoms with Crippen molar-refractivity contribution in [2.24, 2.45) is 0 Å². The van der Waals surface area contributed by atoms with E-state index in [0.29, 0.717) is 39.0 Å². The van der Waals surface area contributed by atoms with E-state index in [4.69, 9.17) is 4.74 Å². The van der Waals surface area contributed by atoms with E-state index in [0.717, 1.165) is 10.4 Å². The molecule has 0 saturated carbocycles. The number of methoxy groups -OCH3 is 1. The van der Waals surface area contributed by atoms with Crippen molar-refractivity contribution in [1.82, 2.24) is 5.32 Å². The summed E-state index contributed by atoms with van der Waals surface area (Å²) in [5.74, 6) is -0.438. The van der Waals surface area contributed by atoms with Gasteiger partial charge in [0.15, 0.2) is 0 Å². The number of para-hydroxylation sites is 2. The molecule has 188 valence electrons. The number of nitriles is 1. The van der Waals surface area contributed by atoms with Gasteiger partial charge in [0.25, 0.3) is 5.91 Å². The molecule has 0 bridgehead atoms. The summed E-state index contributed by atoms with van der Waals surface area (Å²) in [5.41, 5.74) is 3.81. The number of carbonyl (C=O) groups excluding carboxylic acids is 2. The van der Waals surface area contributed by atoms with Crippen molar-refractivity contribution >= 4 is 46.3 Å². The Morgan fingerprint density at radius 1 is 1.08 bits per heavy atom. The second kappa shape index (κ2) is 11.8. The molecule has 1 aliphatic heterocycles. The number of benzene rings is 2. The molecule has 0 aliphatic carbocycles. The van der Waals surface area contributed by atoms with Gasteiger partial charge in [-0.05, 0) is 49.6 Å². The first-order valence-corrected chi connectivity index (χ1v) is 13.4. The zero-order chi connectivity index (χ0) is 26.4. The number of nitrogens with zero attached hydrogens (tertiary/aromatic N) is 1. The predicted octanol–water partition coefficient (Wildman–Crippen LogP) is 5.77. The lowest BCUT2D eigenvalue weighted by atomic mass is 9.86. The largest absolute Gasteiger partial charge is 0.495 e. The summed E-state index contributed by atoms with van der Waals surface area (Å²) in [7, 11) is 1.54. The molecule has 0 radical (unpaired) electrons. The molecule has 2 aromatic carbocycles. The van der Waals surface area contributed by atoms with Crippen molar-refractivity contribution in [2.45, 2.75) is 19.8 Å². The van der Waals surface area contributed by atoms with E-state index in [1.54, 1.807) is 26.2 Å². The van der Waals surface area contributed by atoms with Crippen molar-refractivity contribution < 1.29 is 14.3 Å². The molecule has 3 aromatic rings. The van der Waals surface area contributed by atoms with Gasteiger partial charge in [-0.25, -0.2) is 0 Å². The highest BCUT2D eigenvalue weighted by Gasteiger charge is 2.35. The number of amides is 2. The fourth-order valence-corrected chi connectivity index (χ4v) is 5.71. The Hall–Kier alpha value is -4.00. The van der Waals surface area contributed by atoms with Crippen molar-refractivity contribution in [1.29, 1.82) is 5.26 Å². The molecule has 0 spiro atoms. The maximum atomic E-state index is 13.6. The zero-order valence-corrected chi connectivity index (χ0v) is 22.3. The lowest BCUT2D eigenvalue weighted by molar-refractivity contribution is -0.114. The third kappa shape index (κ3) is 6.05. The normalized spacial score (nSPS) is 15.0. The summed E-state index contributed by atoms with van der Waals surface area (Å²) in [4.78, 5) is 27.0. The van der Waals surface area contributed by atoms with Gasteiger partial charge in [-0.2, -0.15) is 5.26 Å². The minimum Gasteiger partial charge on any atom is -0.495 e. The van der Waals surface area contributed by atoms with Crippen LogP contribution < -0.4 is 20.7 Å². The van der Waals surface area contributed by atoms with Crippen LogP contribution in [-0.4, -0.2) is 24.7 Å². The maximum Gasteiger partial charge on any atom is 0.254 e. The number of hydrogen-bond acceptors (Lipinski definition) is 7. The van der Waals surface area contributed by atoms with Gasteiger partial charge in [0.2, 0.25) is 5.91 Å². The first-order valence-electron chi connectivity index (χ1n) is 11.5. The Morgan fingerprint density at radius 2 is 1.84 bits per heavy atom. The minimum absolute atomic E-state index is 0.106. The molecule has 0 unspecified atom stereocenters. The van der Waals surface area contributed by atoms with E-state index >= 15 is 0 Å². The smallest absolute Gasteiger partial charge is 0.254 e. The van der Waals surface area contributed by atoms with Crippen molar-refractivity contribution in [3.63, 3.8) is 0 Å². The van der Waals surface area contributed by atoms with Gasteiger partial charge >= 0.3 is 0 Å². The second-order valence-electron chi connectivity index (χ2n) is 8.32. The van der Waals surface area contributed by atoms with Crippen LogP contribution >= 0.6 is 23.1 Å². The lowest BCUT2D eigenvalue weighted by Crippen LogP contribution is -2.31. The average Bonchev–Trinajstić information content (AvgIpc) is 3.43. The van der Waals surface area contributed by atoms with Crippen LogP contribution in [0.4, 0.5) is 11.4 Å². The highest BCUT2D eigenvalue weighted by atomic mass is 32.2. The van der Waals surface area contributed by atoms with Gasteiger partial charge in [-0.3, -0.25) is 9.59 Å². The number of dihydropyridines is 1. The molecular weight excluding hydrogens is 504 g/mol. The molecule has 2 heterocycles. The number of anilines is 2. The highest BCUT2D eigenvalue weighted by Crippen LogP contribution is 2.42. The van der Waals surface area contributed by atoms with Crippen LogP contribution in [0.5, 0.6) is 5.75 Å². The van der Waals surface area contributed by atoms with Crippen LogP contribution in [0, 0.1) is 18.3 Å². The fraction of sp³-hybridized carbons (Fsp3) is 0.179. The standard InChI is InChI=1S/C28H26N4O3S2/c1-17-10-12-19(13-11-17)31-24(33)16-37-28-20(15-29)26(23-9-6-14-36-23)25(18(2)30-28)27(34)32-21-7-4-5-8-22(21)35-3/h4-14,26,30H,16H2,1-3H3,(H,31,33)(H,32,34)/t26-/m0/s1. The number of thiophene rings is 1. The lowest BCUT2D eigenvalue weighted by Gasteiger charge is -2.29. The molecule has 1 aliphatic rings. The molecule has 0 saturated heterocycles. The van der Waals surface area contributed by atoms with Crippen molar-refractivity contribution in [3.05, 3.63) is 98.4 Å². The monoisotopic (exact) mass is 530 g/mol. The zero-order valence-electron chi connectivity index (χ0n) is 20.6. The summed E-state index contributed by atoms with van der Waals surface area (Å²) >= 11 is 2.72. The third-order valence-corrected chi connectivity index (χ3v) is 7.71. The number of hydrogen-bond donors (Lipinski definition) is 3. The third-order valence-electron chi connectivity index (χ3n) is 5.76. The van der Waals surface area contributed by atoms with E-state index in [9.17, 15) is 14.9 Å². The van der Waals surface area contributed by atoms with E-state index in [1.165, 1.54) is 23.1 Å². The number of nitrogens with one attached hydrogen (secondary N) is 3. The first kappa shape index (κ1) is 26.1. The molecule has 2 amide bonds. The topological polar surface area (TPSA) is 103 Å².